The predicted octanol–water partition coefficient (Wildman–Crippen LogP) is 3.76. The molecule has 1 unspecified atom stereocenters. The average Bonchev–Trinajstić information content (AvgIpc) is 3.37. The van der Waals surface area contributed by atoms with E-state index in [0.717, 1.165) is 17.5 Å². The molecule has 7 nitrogen and oxygen atoms in total. The number of pyridine rings is 1. The highest BCUT2D eigenvalue weighted by Crippen LogP contribution is 2.33. The third-order valence-electron chi connectivity index (χ3n) is 6.03. The summed E-state index contributed by atoms with van der Waals surface area (Å²) >= 11 is 12.3. The molecule has 3 atom stereocenters. The van der Waals surface area contributed by atoms with Crippen LogP contribution < -0.4 is 5.32 Å². The first-order valence-corrected chi connectivity index (χ1v) is 12.0. The fraction of sp³-hybridized carbons (Fsp3) is 0.269. The van der Waals surface area contributed by atoms with Crippen LogP contribution in [0.15, 0.2) is 66.9 Å². The van der Waals surface area contributed by atoms with Gasteiger partial charge in [-0.25, -0.2) is 0 Å². The first-order valence-electron chi connectivity index (χ1n) is 11.2. The Balaban J connectivity index is 1.35. The van der Waals surface area contributed by atoms with Crippen LogP contribution in [-0.2, 0) is 16.1 Å². The van der Waals surface area contributed by atoms with Crippen molar-refractivity contribution >= 4 is 35.0 Å². The van der Waals surface area contributed by atoms with Gasteiger partial charge >= 0.3 is 0 Å². The van der Waals surface area contributed by atoms with Gasteiger partial charge in [-0.1, -0.05) is 59.6 Å². The van der Waals surface area contributed by atoms with E-state index in [4.69, 9.17) is 23.2 Å². The van der Waals surface area contributed by atoms with E-state index >= 15 is 0 Å². The largest absolute Gasteiger partial charge is 0.380 e. The van der Waals surface area contributed by atoms with Crippen LogP contribution in [0.1, 0.15) is 30.0 Å². The maximum atomic E-state index is 12.9. The second-order valence-corrected chi connectivity index (χ2v) is 9.23. The molecule has 2 heterocycles. The summed E-state index contributed by atoms with van der Waals surface area (Å²) in [6.45, 7) is 0.492. The number of aliphatic hydroxyl groups is 2. The van der Waals surface area contributed by atoms with Crippen molar-refractivity contribution in [3.05, 3.63) is 88.0 Å². The summed E-state index contributed by atoms with van der Waals surface area (Å²) in [4.78, 5) is 31.2. The van der Waals surface area contributed by atoms with E-state index in [2.05, 4.69) is 10.3 Å². The predicted molar refractivity (Wildman–Crippen MR) is 134 cm³/mol. The highest BCUT2D eigenvalue weighted by Gasteiger charge is 2.38. The van der Waals surface area contributed by atoms with E-state index in [0.29, 0.717) is 34.3 Å². The molecule has 35 heavy (non-hydrogen) atoms. The Morgan fingerprint density at radius 1 is 1.06 bits per heavy atom. The van der Waals surface area contributed by atoms with Gasteiger partial charge < -0.3 is 20.4 Å². The van der Waals surface area contributed by atoms with Crippen molar-refractivity contribution in [2.45, 2.75) is 37.6 Å². The van der Waals surface area contributed by atoms with Crippen molar-refractivity contribution in [2.24, 2.45) is 0 Å². The summed E-state index contributed by atoms with van der Waals surface area (Å²) in [7, 11) is 0. The minimum absolute atomic E-state index is 0.0709. The Morgan fingerprint density at radius 3 is 2.57 bits per heavy atom. The molecule has 0 aliphatic carbocycles. The summed E-state index contributed by atoms with van der Waals surface area (Å²) in [5.74, 6) is -1.54. The molecule has 9 heteroatoms. The minimum atomic E-state index is -1.90. The molecule has 0 spiro atoms. The van der Waals surface area contributed by atoms with E-state index in [-0.39, 0.29) is 12.6 Å². The normalized spacial score (nSPS) is 17.1. The van der Waals surface area contributed by atoms with Crippen molar-refractivity contribution in [2.75, 3.05) is 6.54 Å². The maximum absolute atomic E-state index is 12.9. The number of likely N-dealkylation sites (tertiary alicyclic amines) is 1. The van der Waals surface area contributed by atoms with Crippen molar-refractivity contribution in [3.63, 3.8) is 0 Å². The SMILES string of the molecule is O=C(NCc1ccc(-c2ccccc2Cl)nc1)[C@H](O)[C@@H](O)C(=O)N1CCCC1c1cccc(Cl)c1. The zero-order chi connectivity index (χ0) is 24.9. The summed E-state index contributed by atoms with van der Waals surface area (Å²) in [6, 6.07) is 17.8. The van der Waals surface area contributed by atoms with E-state index in [1.165, 1.54) is 4.90 Å². The molecule has 1 saturated heterocycles. The highest BCUT2D eigenvalue weighted by molar-refractivity contribution is 6.33. The molecule has 1 fully saturated rings. The number of rotatable bonds is 7. The molecule has 0 bridgehead atoms. The third kappa shape index (κ3) is 5.82. The number of nitrogens with zero attached hydrogens (tertiary/aromatic N) is 2. The van der Waals surface area contributed by atoms with Gasteiger partial charge in [-0.15, -0.1) is 0 Å². The van der Waals surface area contributed by atoms with Crippen molar-refractivity contribution in [3.8, 4) is 11.3 Å². The topological polar surface area (TPSA) is 103 Å². The average molecular weight is 514 g/mol. The monoisotopic (exact) mass is 513 g/mol. The second kappa shape index (κ2) is 11.2. The van der Waals surface area contributed by atoms with Gasteiger partial charge in [0.05, 0.1) is 11.7 Å². The number of carbonyl (C=O) groups is 2. The fourth-order valence-electron chi connectivity index (χ4n) is 4.19. The summed E-state index contributed by atoms with van der Waals surface area (Å²) < 4.78 is 0. The van der Waals surface area contributed by atoms with Crippen LogP contribution >= 0.6 is 23.2 Å². The molecule has 1 aliphatic rings. The number of hydrogen-bond donors (Lipinski definition) is 3. The fourth-order valence-corrected chi connectivity index (χ4v) is 4.62. The molecule has 182 valence electrons. The van der Waals surface area contributed by atoms with Crippen molar-refractivity contribution in [1.29, 1.82) is 0 Å². The molecular weight excluding hydrogens is 489 g/mol. The number of aliphatic hydroxyl groups excluding tert-OH is 2. The number of carbonyl (C=O) groups excluding carboxylic acids is 2. The Hall–Kier alpha value is -2.97. The maximum Gasteiger partial charge on any atom is 0.255 e. The van der Waals surface area contributed by atoms with Gasteiger partial charge in [0.15, 0.2) is 12.2 Å². The highest BCUT2D eigenvalue weighted by atomic mass is 35.5. The Bertz CT molecular complexity index is 1210. The quantitative estimate of drug-likeness (QED) is 0.446. The van der Waals surface area contributed by atoms with Gasteiger partial charge in [0, 0.05) is 34.9 Å². The zero-order valence-corrected chi connectivity index (χ0v) is 20.3. The lowest BCUT2D eigenvalue weighted by molar-refractivity contribution is -0.153. The molecular formula is C26H25Cl2N3O4. The number of benzene rings is 2. The Morgan fingerprint density at radius 2 is 1.86 bits per heavy atom. The van der Waals surface area contributed by atoms with E-state index in [9.17, 15) is 19.8 Å². The zero-order valence-electron chi connectivity index (χ0n) is 18.8. The van der Waals surface area contributed by atoms with Crippen LogP contribution in [0.25, 0.3) is 11.3 Å². The van der Waals surface area contributed by atoms with E-state index in [1.807, 2.05) is 24.3 Å². The molecule has 2 aromatic carbocycles. The summed E-state index contributed by atoms with van der Waals surface area (Å²) in [5, 5.41) is 24.5. The van der Waals surface area contributed by atoms with Crippen LogP contribution in [0, 0.1) is 0 Å². The number of aromatic nitrogens is 1. The third-order valence-corrected chi connectivity index (χ3v) is 6.60. The van der Waals surface area contributed by atoms with Gasteiger partial charge in [0.25, 0.3) is 11.8 Å². The minimum Gasteiger partial charge on any atom is -0.380 e. The Kier molecular flexibility index (Phi) is 8.03. The molecule has 3 aromatic rings. The first kappa shape index (κ1) is 25.1. The lowest BCUT2D eigenvalue weighted by Gasteiger charge is -2.28. The molecule has 2 amide bonds. The molecule has 0 saturated carbocycles. The van der Waals surface area contributed by atoms with E-state index < -0.39 is 24.0 Å². The van der Waals surface area contributed by atoms with Crippen LogP contribution in [-0.4, -0.2) is 50.7 Å². The second-order valence-electron chi connectivity index (χ2n) is 8.38. The number of amides is 2. The molecule has 0 radical (unpaired) electrons. The van der Waals surface area contributed by atoms with Gasteiger partial charge in [-0.2, -0.15) is 0 Å². The van der Waals surface area contributed by atoms with Crippen molar-refractivity contribution in [1.82, 2.24) is 15.2 Å². The summed E-state index contributed by atoms with van der Waals surface area (Å²) in [6.07, 6.45) is -0.742. The molecule has 1 aromatic heterocycles. The molecule has 3 N–H and O–H groups in total. The molecule has 4 rings (SSSR count). The van der Waals surface area contributed by atoms with Crippen LogP contribution in [0.4, 0.5) is 0 Å². The van der Waals surface area contributed by atoms with Gasteiger partial charge in [-0.3, -0.25) is 14.6 Å². The van der Waals surface area contributed by atoms with Crippen LogP contribution in [0.2, 0.25) is 10.0 Å². The summed E-state index contributed by atoms with van der Waals surface area (Å²) in [5.41, 5.74) is 3.01. The number of hydrogen-bond acceptors (Lipinski definition) is 5. The van der Waals surface area contributed by atoms with Crippen LogP contribution in [0.5, 0.6) is 0 Å². The lowest BCUT2D eigenvalue weighted by Crippen LogP contribution is -2.50. The van der Waals surface area contributed by atoms with E-state index in [1.54, 1.807) is 42.6 Å². The van der Waals surface area contributed by atoms with Gasteiger partial charge in [0.2, 0.25) is 0 Å². The number of nitrogens with one attached hydrogen (secondary N) is 1. The van der Waals surface area contributed by atoms with Crippen LogP contribution in [0.3, 0.4) is 0 Å². The standard InChI is InChI=1S/C26H25Cl2N3O4/c27-18-6-3-5-17(13-18)22-9-4-12-31(22)26(35)24(33)23(32)25(34)30-15-16-10-11-21(29-14-16)19-7-1-2-8-20(19)28/h1-3,5-8,10-11,13-14,22-24,32-33H,4,9,12,15H2,(H,30,34)/t22?,23-,24-/m1/s1. The smallest absolute Gasteiger partial charge is 0.255 e. The molecule has 1 aliphatic heterocycles. The van der Waals surface area contributed by atoms with Gasteiger partial charge in [0.1, 0.15) is 0 Å². The Labute approximate surface area is 213 Å². The lowest BCUT2D eigenvalue weighted by atomic mass is 10.0. The number of halogens is 2. The van der Waals surface area contributed by atoms with Gasteiger partial charge in [-0.05, 0) is 48.2 Å². The van der Waals surface area contributed by atoms with Crippen molar-refractivity contribution < 1.29 is 19.8 Å². The first-order chi connectivity index (χ1) is 16.8.